The van der Waals surface area contributed by atoms with Gasteiger partial charge in [0, 0.05) is 49.9 Å². The minimum Gasteiger partial charge on any atom is -0.471 e. The zero-order valence-electron chi connectivity index (χ0n) is 30.1. The first-order chi connectivity index (χ1) is 24.2. The summed E-state index contributed by atoms with van der Waals surface area (Å²) >= 11 is 0. The van der Waals surface area contributed by atoms with Gasteiger partial charge in [-0.1, -0.05) is 45.0 Å². The molecule has 268 valence electrons. The Morgan fingerprint density at radius 1 is 0.980 bits per heavy atom. The summed E-state index contributed by atoms with van der Waals surface area (Å²) in [4.78, 5) is 39.6. The van der Waals surface area contributed by atoms with Crippen LogP contribution < -0.4 is 14.4 Å². The van der Waals surface area contributed by atoms with E-state index in [-0.39, 0.29) is 40.2 Å². The van der Waals surface area contributed by atoms with Crippen molar-refractivity contribution < 1.29 is 17.9 Å². The first kappa shape index (κ1) is 34.8. The summed E-state index contributed by atoms with van der Waals surface area (Å²) in [6.45, 7) is 12.6. The average Bonchev–Trinajstić information content (AvgIpc) is 3.41. The van der Waals surface area contributed by atoms with Crippen molar-refractivity contribution >= 4 is 27.7 Å². The smallest absolute Gasteiger partial charge is 0.264 e. The summed E-state index contributed by atoms with van der Waals surface area (Å²) in [5.74, 6) is 0.545. The summed E-state index contributed by atoms with van der Waals surface area (Å²) in [6, 6.07) is 13.8. The van der Waals surface area contributed by atoms with Crippen LogP contribution in [-0.4, -0.2) is 88.9 Å². The predicted octanol–water partition coefficient (Wildman–Crippen LogP) is 5.47. The number of sulfonamides is 1. The summed E-state index contributed by atoms with van der Waals surface area (Å²) < 4.78 is 37.0. The van der Waals surface area contributed by atoms with Crippen molar-refractivity contribution in [2.45, 2.75) is 83.5 Å². The van der Waals surface area contributed by atoms with E-state index in [9.17, 15) is 13.2 Å². The van der Waals surface area contributed by atoms with E-state index < -0.39 is 22.2 Å². The maximum absolute atomic E-state index is 14.7. The lowest BCUT2D eigenvalue weighted by Gasteiger charge is -2.36. The summed E-state index contributed by atoms with van der Waals surface area (Å²) in [6.07, 6.45) is 6.38. The summed E-state index contributed by atoms with van der Waals surface area (Å²) in [5, 5.41) is 0. The number of nitrogens with one attached hydrogen (secondary N) is 1. The highest BCUT2D eigenvalue weighted by atomic mass is 32.2. The summed E-state index contributed by atoms with van der Waals surface area (Å²) in [7, 11) is -2.15. The normalized spacial score (nSPS) is 20.6. The number of carbonyl (C=O) groups is 1. The molecule has 4 heterocycles. The third-order valence-corrected chi connectivity index (χ3v) is 11.3. The lowest BCUT2D eigenvalue weighted by Crippen LogP contribution is -2.48. The number of anilines is 2. The van der Waals surface area contributed by atoms with E-state index in [1.54, 1.807) is 35.5 Å². The molecular weight excluding hydrogens is 665 g/mol. The highest BCUT2D eigenvalue weighted by Gasteiger charge is 2.42. The number of rotatable bonds is 6. The Bertz CT molecular complexity index is 2040. The SMILES string of the molecule is Cc1cccc(C)c1-c1cc2nc(n1)NS(=O)(=O)c1cccc(c1)C(=O)N(Cc1cncc(N(C)C3CCC3)n1)[C@@H]1CN(CC(C)(C)C)CC1O2. The van der Waals surface area contributed by atoms with Gasteiger partial charge in [0.1, 0.15) is 11.9 Å². The second-order valence-electron chi connectivity index (χ2n) is 15.3. The maximum atomic E-state index is 14.7. The molecule has 2 aliphatic heterocycles. The fourth-order valence-electron chi connectivity index (χ4n) is 7.34. The molecular formula is C38H46N8O4S. The topological polar surface area (TPSA) is 134 Å². The van der Waals surface area contributed by atoms with Gasteiger partial charge in [-0.2, -0.15) is 4.98 Å². The molecule has 4 aromatic rings. The van der Waals surface area contributed by atoms with E-state index in [2.05, 4.69) is 50.2 Å². The molecule has 2 atom stereocenters. The van der Waals surface area contributed by atoms with Gasteiger partial charge in [0.2, 0.25) is 11.8 Å². The molecule has 2 aromatic carbocycles. The van der Waals surface area contributed by atoms with Crippen LogP contribution >= 0.6 is 0 Å². The quantitative estimate of drug-likeness (QED) is 0.275. The van der Waals surface area contributed by atoms with Crippen molar-refractivity contribution in [3.05, 3.63) is 83.3 Å². The van der Waals surface area contributed by atoms with Crippen molar-refractivity contribution in [1.29, 1.82) is 0 Å². The molecule has 2 fully saturated rings. The van der Waals surface area contributed by atoms with Gasteiger partial charge in [0.25, 0.3) is 15.9 Å². The molecule has 1 unspecified atom stereocenters. The van der Waals surface area contributed by atoms with Gasteiger partial charge in [-0.05, 0) is 67.9 Å². The molecule has 2 aromatic heterocycles. The van der Waals surface area contributed by atoms with Crippen molar-refractivity contribution in [2.24, 2.45) is 5.41 Å². The molecule has 51 heavy (non-hydrogen) atoms. The van der Waals surface area contributed by atoms with Crippen LogP contribution in [0.25, 0.3) is 11.3 Å². The number of carbonyl (C=O) groups excluding carboxylic acids is 1. The summed E-state index contributed by atoms with van der Waals surface area (Å²) in [5.41, 5.74) is 4.24. The first-order valence-corrected chi connectivity index (χ1v) is 19.0. The molecule has 1 saturated carbocycles. The third kappa shape index (κ3) is 7.41. The Labute approximate surface area is 300 Å². The number of likely N-dealkylation sites (tertiary alicyclic amines) is 1. The van der Waals surface area contributed by atoms with E-state index in [1.165, 1.54) is 18.6 Å². The van der Waals surface area contributed by atoms with Crippen molar-refractivity contribution in [2.75, 3.05) is 36.3 Å². The van der Waals surface area contributed by atoms with Gasteiger partial charge in [-0.3, -0.25) is 14.7 Å². The van der Waals surface area contributed by atoms with Crippen LogP contribution in [-0.2, 0) is 16.6 Å². The second-order valence-corrected chi connectivity index (χ2v) is 17.0. The molecule has 0 radical (unpaired) electrons. The van der Waals surface area contributed by atoms with E-state index in [4.69, 9.17) is 9.72 Å². The molecule has 1 N–H and O–H groups in total. The van der Waals surface area contributed by atoms with Crippen molar-refractivity contribution in [3.8, 4) is 17.1 Å². The standard InChI is InChI=1S/C38H46N8O4S/c1-24-10-7-11-25(2)35(24)30-17-34-42-37(41-30)43-51(48,49)29-15-8-12-26(16-29)36(47)46(31-21-45(22-32(31)50-34)23-38(3,4)5)20-27-18-39-19-33(40-27)44(6)28-13-9-14-28/h7-8,10-12,15-19,28,31-32H,9,13-14,20-23H2,1-6H3,(H,41,42,43)/t31-,32?/m1/s1. The molecule has 0 spiro atoms. The molecule has 1 amide bonds. The number of aryl methyl sites for hydroxylation is 2. The van der Waals surface area contributed by atoms with Crippen LogP contribution in [0.1, 0.15) is 67.2 Å². The molecule has 3 aliphatic rings. The van der Waals surface area contributed by atoms with E-state index in [1.807, 2.05) is 39.1 Å². The van der Waals surface area contributed by atoms with Crippen LogP contribution in [0.2, 0.25) is 0 Å². The molecule has 4 bridgehead atoms. The number of benzene rings is 2. The lowest BCUT2D eigenvalue weighted by molar-refractivity contribution is 0.0515. The predicted molar refractivity (Wildman–Crippen MR) is 196 cm³/mol. The number of ether oxygens (including phenoxy) is 1. The van der Waals surface area contributed by atoms with Crippen LogP contribution in [0.5, 0.6) is 5.88 Å². The van der Waals surface area contributed by atoms with Gasteiger partial charge in [0.05, 0.1) is 41.3 Å². The number of hydrogen-bond acceptors (Lipinski definition) is 10. The number of fused-ring (bicyclic) bond motifs is 5. The van der Waals surface area contributed by atoms with Crippen LogP contribution in [0.15, 0.2) is 65.8 Å². The second kappa shape index (κ2) is 13.5. The van der Waals surface area contributed by atoms with Gasteiger partial charge < -0.3 is 14.5 Å². The van der Waals surface area contributed by atoms with Crippen LogP contribution in [0, 0.1) is 19.3 Å². The van der Waals surface area contributed by atoms with Crippen molar-refractivity contribution in [3.63, 3.8) is 0 Å². The fourth-order valence-corrected chi connectivity index (χ4v) is 8.33. The molecule has 7 rings (SSSR count). The number of nitrogens with zero attached hydrogens (tertiary/aromatic N) is 7. The molecule has 13 heteroatoms. The Hall–Kier alpha value is -4.62. The maximum Gasteiger partial charge on any atom is 0.264 e. The number of hydrogen-bond donors (Lipinski definition) is 1. The average molecular weight is 711 g/mol. The van der Waals surface area contributed by atoms with Crippen molar-refractivity contribution in [1.82, 2.24) is 29.7 Å². The van der Waals surface area contributed by atoms with Gasteiger partial charge in [0.15, 0.2) is 0 Å². The van der Waals surface area contributed by atoms with Crippen LogP contribution in [0.4, 0.5) is 11.8 Å². The molecule has 1 aliphatic carbocycles. The minimum absolute atomic E-state index is 0.00867. The third-order valence-electron chi connectivity index (χ3n) is 9.99. The Kier molecular flexibility index (Phi) is 9.21. The highest BCUT2D eigenvalue weighted by molar-refractivity contribution is 7.92. The molecule has 1 saturated heterocycles. The fraction of sp³-hybridized carbons (Fsp3) is 0.447. The zero-order chi connectivity index (χ0) is 36.1. The number of aromatic nitrogens is 4. The largest absolute Gasteiger partial charge is 0.471 e. The minimum atomic E-state index is -4.18. The molecule has 12 nitrogen and oxygen atoms in total. The van der Waals surface area contributed by atoms with Gasteiger partial charge >= 0.3 is 0 Å². The van der Waals surface area contributed by atoms with E-state index >= 15 is 0 Å². The lowest BCUT2D eigenvalue weighted by atomic mass is 9.92. The number of amides is 1. The Morgan fingerprint density at radius 2 is 1.73 bits per heavy atom. The van der Waals surface area contributed by atoms with E-state index in [0.29, 0.717) is 30.5 Å². The first-order valence-electron chi connectivity index (χ1n) is 17.6. The zero-order valence-corrected chi connectivity index (χ0v) is 30.9. The van der Waals surface area contributed by atoms with Crippen LogP contribution in [0.3, 0.4) is 0 Å². The highest BCUT2D eigenvalue weighted by Crippen LogP contribution is 2.33. The Balaban J connectivity index is 1.36. The van der Waals surface area contributed by atoms with Gasteiger partial charge in [-0.25, -0.2) is 23.1 Å². The van der Waals surface area contributed by atoms with Gasteiger partial charge in [-0.15, -0.1) is 0 Å². The van der Waals surface area contributed by atoms with E-state index in [0.717, 1.165) is 41.9 Å². The monoisotopic (exact) mass is 710 g/mol. The Morgan fingerprint density at radius 3 is 2.43 bits per heavy atom.